The Balaban J connectivity index is 1.30. The van der Waals surface area contributed by atoms with E-state index in [9.17, 15) is 10.2 Å². The van der Waals surface area contributed by atoms with Gasteiger partial charge in [-0.25, -0.2) is 0 Å². The smallest absolute Gasteiger partial charge is 0.143 e. The zero-order chi connectivity index (χ0) is 23.9. The molecule has 2 aromatic heterocycles. The molecule has 0 aliphatic carbocycles. The minimum absolute atomic E-state index is 0.116. The van der Waals surface area contributed by atoms with Gasteiger partial charge in [0.25, 0.3) is 0 Å². The van der Waals surface area contributed by atoms with Crippen LogP contribution in [0.25, 0.3) is 33.4 Å². The number of phenolic OH excluding ortho intramolecular Hbond substituents is 2. The highest BCUT2D eigenvalue weighted by atomic mass is 16.3. The molecule has 2 N–H and O–H groups in total. The van der Waals surface area contributed by atoms with Gasteiger partial charge < -0.3 is 10.2 Å². The van der Waals surface area contributed by atoms with Crippen molar-refractivity contribution in [1.82, 2.24) is 30.0 Å². The maximum atomic E-state index is 10.5. The first kappa shape index (κ1) is 20.9. The Morgan fingerprint density at radius 1 is 0.629 bits per heavy atom. The van der Waals surface area contributed by atoms with Crippen LogP contribution in [-0.4, -0.2) is 40.2 Å². The van der Waals surface area contributed by atoms with Crippen LogP contribution in [0.2, 0.25) is 0 Å². The molecule has 35 heavy (non-hydrogen) atoms. The minimum atomic E-state index is 0.116. The summed E-state index contributed by atoms with van der Waals surface area (Å²) in [7, 11) is 0. The molecule has 0 spiro atoms. The van der Waals surface area contributed by atoms with E-state index in [4.69, 9.17) is 0 Å². The highest BCUT2D eigenvalue weighted by molar-refractivity contribution is 5.74. The van der Waals surface area contributed by atoms with Crippen LogP contribution in [0.5, 0.6) is 11.5 Å². The normalized spacial score (nSPS) is 12.4. The molecular formula is C27H22N6O2. The predicted molar refractivity (Wildman–Crippen MR) is 133 cm³/mol. The van der Waals surface area contributed by atoms with Crippen LogP contribution >= 0.6 is 0 Å². The van der Waals surface area contributed by atoms with Gasteiger partial charge in [-0.05, 0) is 72.0 Å². The molecule has 8 heteroatoms. The van der Waals surface area contributed by atoms with Crippen LogP contribution < -0.4 is 0 Å². The van der Waals surface area contributed by atoms with E-state index in [1.54, 1.807) is 12.1 Å². The van der Waals surface area contributed by atoms with Crippen molar-refractivity contribution in [3.05, 3.63) is 96.1 Å². The number of nitrogens with zero attached hydrogens (tertiary/aromatic N) is 6. The van der Waals surface area contributed by atoms with E-state index in [-0.39, 0.29) is 17.4 Å². The number of fused-ring (bicyclic) bond motifs is 2. The van der Waals surface area contributed by atoms with Gasteiger partial charge in [-0.1, -0.05) is 43.3 Å². The fraction of sp³-hybridized carbons (Fsp3) is 0.111. The molecule has 0 fully saturated rings. The first-order chi connectivity index (χ1) is 17.0. The van der Waals surface area contributed by atoms with Gasteiger partial charge in [0.2, 0.25) is 0 Å². The fourth-order valence-corrected chi connectivity index (χ4v) is 4.27. The second-order valence-electron chi connectivity index (χ2n) is 8.63. The number of phenols is 2. The molecule has 0 aliphatic rings. The number of aromatic nitrogens is 6. The van der Waals surface area contributed by atoms with Crippen LogP contribution in [0.1, 0.15) is 24.0 Å². The molecule has 1 atom stereocenters. The number of hydrogen-bond donors (Lipinski definition) is 2. The van der Waals surface area contributed by atoms with Crippen molar-refractivity contribution in [2.45, 2.75) is 19.3 Å². The van der Waals surface area contributed by atoms with Crippen molar-refractivity contribution in [3.8, 4) is 22.9 Å². The Morgan fingerprint density at radius 3 is 1.60 bits per heavy atom. The molecule has 6 aromatic rings. The van der Waals surface area contributed by atoms with Crippen LogP contribution in [0.4, 0.5) is 0 Å². The molecule has 0 saturated carbocycles. The molecule has 0 bridgehead atoms. The largest absolute Gasteiger partial charge is 0.506 e. The maximum Gasteiger partial charge on any atom is 0.143 e. The standard InChI is InChI=1S/C27H22N6O2/c1-17(19-11-13-27(35)25(16-19)33-30-22-8-4-5-9-23(22)31-33)14-18-10-12-26(34)24(15-18)32-28-20-6-2-3-7-21(20)29-32/h2-13,15-17,34-35H,14H2,1H3/t17-/m0/s1. The topological polar surface area (TPSA) is 102 Å². The summed E-state index contributed by atoms with van der Waals surface area (Å²) in [5, 5.41) is 39.0. The van der Waals surface area contributed by atoms with Crippen molar-refractivity contribution in [3.63, 3.8) is 0 Å². The van der Waals surface area contributed by atoms with Gasteiger partial charge >= 0.3 is 0 Å². The Kier molecular flexibility index (Phi) is 4.92. The molecule has 2 heterocycles. The Bertz CT molecular complexity index is 1620. The number of rotatable bonds is 5. The highest BCUT2D eigenvalue weighted by Gasteiger charge is 2.15. The Hall–Kier alpha value is -4.72. The summed E-state index contributed by atoms with van der Waals surface area (Å²) in [6.07, 6.45) is 0.715. The van der Waals surface area contributed by atoms with Gasteiger partial charge in [0.15, 0.2) is 0 Å². The molecule has 0 saturated heterocycles. The average molecular weight is 463 g/mol. The van der Waals surface area contributed by atoms with E-state index < -0.39 is 0 Å². The fourth-order valence-electron chi connectivity index (χ4n) is 4.27. The van der Waals surface area contributed by atoms with E-state index in [1.807, 2.05) is 72.8 Å². The molecule has 4 aromatic carbocycles. The van der Waals surface area contributed by atoms with Gasteiger partial charge in [0.1, 0.15) is 44.9 Å². The number of aromatic hydroxyl groups is 2. The van der Waals surface area contributed by atoms with E-state index in [1.165, 1.54) is 9.59 Å². The summed E-state index contributed by atoms with van der Waals surface area (Å²) in [5.41, 5.74) is 6.20. The summed E-state index contributed by atoms with van der Waals surface area (Å²) in [6, 6.07) is 26.2. The molecule has 172 valence electrons. The van der Waals surface area contributed by atoms with Crippen molar-refractivity contribution in [2.24, 2.45) is 0 Å². The van der Waals surface area contributed by atoms with E-state index in [0.29, 0.717) is 17.8 Å². The molecular weight excluding hydrogens is 440 g/mol. The molecule has 6 rings (SSSR count). The van der Waals surface area contributed by atoms with Gasteiger partial charge in [-0.3, -0.25) is 0 Å². The van der Waals surface area contributed by atoms with Gasteiger partial charge in [-0.15, -0.1) is 30.0 Å². The summed E-state index contributed by atoms with van der Waals surface area (Å²) in [6.45, 7) is 2.12. The average Bonchev–Trinajstić information content (AvgIpc) is 3.49. The SMILES string of the molecule is C[C@@H](Cc1ccc(O)c(-n2nc3ccccc3n2)c1)c1ccc(O)c(-n2nc3ccccc3n2)c1. The number of benzene rings is 4. The summed E-state index contributed by atoms with van der Waals surface area (Å²) < 4.78 is 0. The van der Waals surface area contributed by atoms with Crippen molar-refractivity contribution in [2.75, 3.05) is 0 Å². The monoisotopic (exact) mass is 462 g/mol. The molecule has 8 nitrogen and oxygen atoms in total. The first-order valence-corrected chi connectivity index (χ1v) is 11.3. The Labute approximate surface area is 200 Å². The number of hydrogen-bond acceptors (Lipinski definition) is 6. The predicted octanol–water partition coefficient (Wildman–Crippen LogP) is 4.91. The van der Waals surface area contributed by atoms with Crippen LogP contribution in [0.3, 0.4) is 0 Å². The van der Waals surface area contributed by atoms with Gasteiger partial charge in [0.05, 0.1) is 0 Å². The molecule has 0 amide bonds. The third-order valence-electron chi connectivity index (χ3n) is 6.15. The minimum Gasteiger partial charge on any atom is -0.506 e. The molecule has 0 aliphatic heterocycles. The van der Waals surface area contributed by atoms with Crippen molar-refractivity contribution < 1.29 is 10.2 Å². The zero-order valence-corrected chi connectivity index (χ0v) is 18.9. The lowest BCUT2D eigenvalue weighted by Gasteiger charge is -2.15. The lowest BCUT2D eigenvalue weighted by molar-refractivity contribution is 0.466. The quantitative estimate of drug-likeness (QED) is 0.377. The van der Waals surface area contributed by atoms with E-state index in [0.717, 1.165) is 33.2 Å². The lowest BCUT2D eigenvalue weighted by atomic mass is 9.93. The van der Waals surface area contributed by atoms with Crippen molar-refractivity contribution in [1.29, 1.82) is 0 Å². The zero-order valence-electron chi connectivity index (χ0n) is 18.9. The van der Waals surface area contributed by atoms with Gasteiger partial charge in [0, 0.05) is 0 Å². The summed E-state index contributed by atoms with van der Waals surface area (Å²) in [5.74, 6) is 0.358. The van der Waals surface area contributed by atoms with Gasteiger partial charge in [-0.2, -0.15) is 0 Å². The second-order valence-corrected chi connectivity index (χ2v) is 8.63. The van der Waals surface area contributed by atoms with E-state index in [2.05, 4.69) is 27.3 Å². The summed E-state index contributed by atoms with van der Waals surface area (Å²) in [4.78, 5) is 2.95. The third kappa shape index (κ3) is 3.85. The van der Waals surface area contributed by atoms with E-state index >= 15 is 0 Å². The summed E-state index contributed by atoms with van der Waals surface area (Å²) >= 11 is 0. The van der Waals surface area contributed by atoms with Crippen LogP contribution in [-0.2, 0) is 6.42 Å². The van der Waals surface area contributed by atoms with Crippen LogP contribution in [0, 0.1) is 0 Å². The molecule has 0 unspecified atom stereocenters. The Morgan fingerprint density at radius 2 is 1.09 bits per heavy atom. The second kappa shape index (κ2) is 8.25. The third-order valence-corrected chi connectivity index (χ3v) is 6.15. The molecule has 0 radical (unpaired) electrons. The maximum absolute atomic E-state index is 10.5. The lowest BCUT2D eigenvalue weighted by Crippen LogP contribution is -2.04. The first-order valence-electron chi connectivity index (χ1n) is 11.3. The van der Waals surface area contributed by atoms with Crippen molar-refractivity contribution >= 4 is 22.1 Å². The van der Waals surface area contributed by atoms with Crippen LogP contribution in [0.15, 0.2) is 84.9 Å². The highest BCUT2D eigenvalue weighted by Crippen LogP contribution is 2.30.